The van der Waals surface area contributed by atoms with Crippen molar-refractivity contribution < 1.29 is 22.3 Å². The monoisotopic (exact) mass is 449 g/mol. The van der Waals surface area contributed by atoms with Crippen LogP contribution in [-0.4, -0.2) is 32.8 Å². The molecule has 2 rings (SSSR count). The highest BCUT2D eigenvalue weighted by Crippen LogP contribution is 2.26. The summed E-state index contributed by atoms with van der Waals surface area (Å²) in [5.74, 6) is -1.21. The number of rotatable bonds is 5. The van der Waals surface area contributed by atoms with E-state index in [0.717, 1.165) is 10.4 Å². The Kier molecular flexibility index (Phi) is 6.21. The van der Waals surface area contributed by atoms with Crippen molar-refractivity contribution in [1.82, 2.24) is 4.31 Å². The lowest BCUT2D eigenvalue weighted by atomic mass is 10.2. The quantitative estimate of drug-likeness (QED) is 0.649. The van der Waals surface area contributed by atoms with Gasteiger partial charge in [0.05, 0.1) is 15.5 Å². The molecule has 0 spiro atoms. The van der Waals surface area contributed by atoms with Crippen LogP contribution in [-0.2, 0) is 21.4 Å². The lowest BCUT2D eigenvalue weighted by molar-refractivity contribution is 0.0472. The van der Waals surface area contributed by atoms with Crippen LogP contribution in [0.2, 0.25) is 5.02 Å². The number of carbonyl (C=O) groups excluding carboxylic acids is 1. The van der Waals surface area contributed by atoms with Crippen molar-refractivity contribution in [2.45, 2.75) is 11.5 Å². The van der Waals surface area contributed by atoms with Crippen molar-refractivity contribution >= 4 is 43.5 Å². The lowest BCUT2D eigenvalue weighted by Gasteiger charge is -2.14. The summed E-state index contributed by atoms with van der Waals surface area (Å²) >= 11 is 9.04. The first-order chi connectivity index (χ1) is 11.6. The molecule has 134 valence electrons. The molecule has 0 aliphatic rings. The summed E-state index contributed by atoms with van der Waals surface area (Å²) in [5.41, 5.74) is 0.511. The van der Waals surface area contributed by atoms with Gasteiger partial charge in [-0.3, -0.25) is 0 Å². The Morgan fingerprint density at radius 3 is 2.52 bits per heavy atom. The van der Waals surface area contributed by atoms with Crippen molar-refractivity contribution in [3.05, 3.63) is 62.8 Å². The molecule has 0 saturated heterocycles. The smallest absolute Gasteiger partial charge is 0.338 e. The summed E-state index contributed by atoms with van der Waals surface area (Å²) in [4.78, 5) is 12.1. The summed E-state index contributed by atoms with van der Waals surface area (Å²) in [6.07, 6.45) is 0. The van der Waals surface area contributed by atoms with Crippen LogP contribution in [0.4, 0.5) is 4.39 Å². The molecule has 2 aromatic carbocycles. The van der Waals surface area contributed by atoms with Gasteiger partial charge in [-0.25, -0.2) is 21.9 Å². The molecule has 25 heavy (non-hydrogen) atoms. The van der Waals surface area contributed by atoms with Gasteiger partial charge in [-0.05, 0) is 46.3 Å². The molecule has 0 bridgehead atoms. The molecule has 9 heteroatoms. The first-order valence-electron chi connectivity index (χ1n) is 6.96. The second-order valence-electron chi connectivity index (χ2n) is 5.24. The second kappa shape index (κ2) is 7.82. The molecule has 0 amide bonds. The van der Waals surface area contributed by atoms with Gasteiger partial charge in [-0.1, -0.05) is 17.7 Å². The van der Waals surface area contributed by atoms with E-state index in [1.165, 1.54) is 44.4 Å². The van der Waals surface area contributed by atoms with Gasteiger partial charge in [0.1, 0.15) is 12.4 Å². The predicted molar refractivity (Wildman–Crippen MR) is 95.5 cm³/mol. The molecule has 0 aromatic heterocycles. The normalized spacial score (nSPS) is 11.6. The lowest BCUT2D eigenvalue weighted by Crippen LogP contribution is -2.23. The van der Waals surface area contributed by atoms with E-state index < -0.39 is 21.8 Å². The first-order valence-corrected chi connectivity index (χ1v) is 9.57. The molecule has 0 atom stereocenters. The van der Waals surface area contributed by atoms with Crippen molar-refractivity contribution in [1.29, 1.82) is 0 Å². The minimum Gasteiger partial charge on any atom is -0.457 e. The van der Waals surface area contributed by atoms with Gasteiger partial charge < -0.3 is 4.74 Å². The van der Waals surface area contributed by atoms with Crippen LogP contribution in [0, 0.1) is 5.82 Å². The van der Waals surface area contributed by atoms with E-state index in [9.17, 15) is 17.6 Å². The molecule has 0 aliphatic heterocycles. The van der Waals surface area contributed by atoms with Gasteiger partial charge in [-0.15, -0.1) is 0 Å². The minimum absolute atomic E-state index is 0.0493. The molecule has 0 radical (unpaired) electrons. The Hall–Kier alpha value is -1.48. The molecule has 5 nitrogen and oxygen atoms in total. The average molecular weight is 451 g/mol. The summed E-state index contributed by atoms with van der Waals surface area (Å²) in [7, 11) is -0.942. The maximum atomic E-state index is 13.0. The third kappa shape index (κ3) is 4.58. The number of carbonyl (C=O) groups is 1. The molecule has 0 fully saturated rings. The molecule has 0 N–H and O–H groups in total. The van der Waals surface area contributed by atoms with Crippen LogP contribution >= 0.6 is 27.5 Å². The number of sulfonamides is 1. The van der Waals surface area contributed by atoms with Crippen molar-refractivity contribution in [2.75, 3.05) is 14.1 Å². The minimum atomic E-state index is -3.73. The molecule has 0 heterocycles. The van der Waals surface area contributed by atoms with Crippen LogP contribution in [0.25, 0.3) is 0 Å². The van der Waals surface area contributed by atoms with Crippen LogP contribution in [0.1, 0.15) is 15.9 Å². The largest absolute Gasteiger partial charge is 0.457 e. The van der Waals surface area contributed by atoms with E-state index in [1.807, 2.05) is 0 Å². The highest BCUT2D eigenvalue weighted by molar-refractivity contribution is 9.10. The zero-order valence-corrected chi connectivity index (χ0v) is 16.5. The van der Waals surface area contributed by atoms with Crippen LogP contribution in [0.5, 0.6) is 0 Å². The van der Waals surface area contributed by atoms with E-state index in [-0.39, 0.29) is 22.1 Å². The Balaban J connectivity index is 2.23. The number of benzene rings is 2. The molecule has 2 aromatic rings. The number of nitrogens with zero attached hydrogens (tertiary/aromatic N) is 1. The number of ether oxygens (including phenoxy) is 1. The van der Waals surface area contributed by atoms with E-state index in [1.54, 1.807) is 0 Å². The van der Waals surface area contributed by atoms with Gasteiger partial charge >= 0.3 is 5.97 Å². The van der Waals surface area contributed by atoms with Crippen molar-refractivity contribution in [3.8, 4) is 0 Å². The number of hydrogen-bond acceptors (Lipinski definition) is 4. The average Bonchev–Trinajstić information content (AvgIpc) is 2.53. The Bertz CT molecular complexity index is 918. The SMILES string of the molecule is CN(C)S(=O)(=O)c1cc(C(=O)OCc2ccc(F)cc2Cl)ccc1Br. The molecular formula is C16H14BrClFNO4S. The zero-order chi connectivity index (χ0) is 18.8. The number of esters is 1. The Labute approximate surface area is 158 Å². The van der Waals surface area contributed by atoms with Gasteiger partial charge in [0.25, 0.3) is 0 Å². The van der Waals surface area contributed by atoms with Gasteiger partial charge in [0.2, 0.25) is 10.0 Å². The van der Waals surface area contributed by atoms with Gasteiger partial charge in [0.15, 0.2) is 0 Å². The maximum absolute atomic E-state index is 13.0. The highest BCUT2D eigenvalue weighted by Gasteiger charge is 2.22. The predicted octanol–water partition coefficient (Wildman–Crippen LogP) is 3.85. The third-order valence-corrected chi connectivity index (χ3v) is 6.46. The topological polar surface area (TPSA) is 63.7 Å². The number of halogens is 3. The van der Waals surface area contributed by atoms with E-state index in [4.69, 9.17) is 16.3 Å². The standard InChI is InChI=1S/C16H14BrClFNO4S/c1-20(2)25(22,23)15-7-10(4-6-13(15)17)16(21)24-9-11-3-5-12(19)8-14(11)18/h3-8H,9H2,1-2H3. The highest BCUT2D eigenvalue weighted by atomic mass is 79.9. The summed E-state index contributed by atoms with van der Waals surface area (Å²) < 4.78 is 44.1. The molecule has 0 unspecified atom stereocenters. The van der Waals surface area contributed by atoms with E-state index in [0.29, 0.717) is 10.0 Å². The molecule has 0 saturated carbocycles. The maximum Gasteiger partial charge on any atom is 0.338 e. The van der Waals surface area contributed by atoms with Gasteiger partial charge in [0, 0.05) is 24.1 Å². The first kappa shape index (κ1) is 19.8. The summed E-state index contributed by atoms with van der Waals surface area (Å²) in [6.45, 7) is -0.163. The van der Waals surface area contributed by atoms with E-state index >= 15 is 0 Å². The summed E-state index contributed by atoms with van der Waals surface area (Å²) in [5, 5.41) is 0.138. The Morgan fingerprint density at radius 1 is 1.24 bits per heavy atom. The van der Waals surface area contributed by atoms with Crippen LogP contribution in [0.3, 0.4) is 0 Å². The molecule has 0 aliphatic carbocycles. The summed E-state index contributed by atoms with van der Waals surface area (Å²) in [6, 6.07) is 7.86. The second-order valence-corrected chi connectivity index (χ2v) is 8.63. The fraction of sp³-hybridized carbons (Fsp3) is 0.188. The van der Waals surface area contributed by atoms with Crippen molar-refractivity contribution in [3.63, 3.8) is 0 Å². The fourth-order valence-corrected chi connectivity index (χ4v) is 3.96. The molecular weight excluding hydrogens is 437 g/mol. The van der Waals surface area contributed by atoms with Gasteiger partial charge in [-0.2, -0.15) is 0 Å². The third-order valence-electron chi connectivity index (χ3n) is 3.30. The van der Waals surface area contributed by atoms with Crippen LogP contribution < -0.4 is 0 Å². The Morgan fingerprint density at radius 2 is 1.92 bits per heavy atom. The fourth-order valence-electron chi connectivity index (χ4n) is 1.89. The van der Waals surface area contributed by atoms with Crippen molar-refractivity contribution in [2.24, 2.45) is 0 Å². The van der Waals surface area contributed by atoms with Crippen LogP contribution in [0.15, 0.2) is 45.8 Å². The number of hydrogen-bond donors (Lipinski definition) is 0. The van der Waals surface area contributed by atoms with E-state index in [2.05, 4.69) is 15.9 Å². The zero-order valence-electron chi connectivity index (χ0n) is 13.3.